The van der Waals surface area contributed by atoms with Crippen LogP contribution in [0.2, 0.25) is 0 Å². The maximum atomic E-state index is 13.7. The lowest BCUT2D eigenvalue weighted by Crippen LogP contribution is -2.58. The molecule has 19 heteroatoms. The smallest absolute Gasteiger partial charge is 0.438 e. The lowest BCUT2D eigenvalue weighted by molar-refractivity contribution is -0.368. The van der Waals surface area contributed by atoms with Crippen molar-refractivity contribution in [3.63, 3.8) is 0 Å². The summed E-state index contributed by atoms with van der Waals surface area (Å²) >= 11 is 0. The minimum absolute atomic E-state index is 0.0159. The normalized spacial score (nSPS) is 12.2. The molecule has 4 aromatic carbocycles. The van der Waals surface area contributed by atoms with E-state index in [1.807, 2.05) is 77.8 Å². The molecule has 0 heterocycles. The Kier molecular flexibility index (Phi) is 26.4. The maximum Gasteiger partial charge on any atom is 0.438 e. The number of halogens is 12. The lowest BCUT2D eigenvalue weighted by Gasteiger charge is -2.34. The van der Waals surface area contributed by atoms with Gasteiger partial charge >= 0.3 is 47.8 Å². The first-order valence-electron chi connectivity index (χ1n) is 27.4. The average Bonchev–Trinajstić information content (AvgIpc) is 1.68. The number of carbonyl (C=O) groups excluding carboxylic acids is 2. The number of ether oxygens (including phenoxy) is 4. The van der Waals surface area contributed by atoms with Crippen molar-refractivity contribution in [1.29, 1.82) is 0 Å². The molecule has 0 atom stereocenters. The molecule has 0 bridgehead atoms. The Balaban J connectivity index is 0.000000446. The van der Waals surface area contributed by atoms with Crippen LogP contribution in [0, 0.1) is 75.1 Å². The molecule has 462 valence electrons. The predicted molar refractivity (Wildman–Crippen MR) is 301 cm³/mol. The third kappa shape index (κ3) is 17.8. The number of aliphatic hydroxyl groups is 1. The number of esters is 2. The molecule has 0 amide bonds. The molecule has 0 unspecified atom stereocenters. The highest BCUT2D eigenvalue weighted by Crippen LogP contribution is 2.47. The van der Waals surface area contributed by atoms with Crippen LogP contribution >= 0.6 is 0 Å². The van der Waals surface area contributed by atoms with Crippen molar-refractivity contribution in [2.45, 2.75) is 179 Å². The van der Waals surface area contributed by atoms with E-state index < -0.39 is 53.5 Å². The van der Waals surface area contributed by atoms with Crippen molar-refractivity contribution < 1.29 is 86.3 Å². The molecule has 1 N–H and O–H groups in total. The number of benzene rings is 4. The monoisotopic (exact) mass is 1200 g/mol. The lowest BCUT2D eigenvalue weighted by atomic mass is 9.69. The van der Waals surface area contributed by atoms with Gasteiger partial charge in [-0.1, -0.05) is 112 Å². The Bertz CT molecular complexity index is 3140. The van der Waals surface area contributed by atoms with Gasteiger partial charge < -0.3 is 24.1 Å². The topological polar surface area (TPSA) is 91.3 Å². The van der Waals surface area contributed by atoms with E-state index in [1.165, 1.54) is 32.3 Å². The second-order valence-electron chi connectivity index (χ2n) is 20.3. The summed E-state index contributed by atoms with van der Waals surface area (Å²) in [6, 6.07) is 21.6. The Morgan fingerprint density at radius 2 is 0.753 bits per heavy atom. The van der Waals surface area contributed by atoms with Gasteiger partial charge in [0.15, 0.2) is 0 Å². The first-order chi connectivity index (χ1) is 39.7. The quantitative estimate of drug-likeness (QED) is 0.0329. The summed E-state index contributed by atoms with van der Waals surface area (Å²) in [5.74, 6) is 18.5. The molecule has 0 aliphatic rings. The summed E-state index contributed by atoms with van der Waals surface area (Å²) < 4.78 is 178. The van der Waals surface area contributed by atoms with E-state index in [4.69, 9.17) is 0 Å². The molecule has 0 fully saturated rings. The van der Waals surface area contributed by atoms with Crippen molar-refractivity contribution in [2.24, 2.45) is 0 Å². The Morgan fingerprint density at radius 1 is 0.447 bits per heavy atom. The summed E-state index contributed by atoms with van der Waals surface area (Å²) in [6.45, 7) is 13.9. The molecule has 4 rings (SSSR count). The molecule has 0 radical (unpaired) electrons. The van der Waals surface area contributed by atoms with E-state index >= 15 is 0 Å². The number of aryl methyl sites for hydroxylation is 4. The van der Waals surface area contributed by atoms with Crippen molar-refractivity contribution in [1.82, 2.24) is 0 Å². The highest BCUT2D eigenvalue weighted by molar-refractivity contribution is 5.69. The van der Waals surface area contributed by atoms with Crippen LogP contribution in [0.1, 0.15) is 172 Å². The van der Waals surface area contributed by atoms with Crippen LogP contribution in [0.5, 0.6) is 0 Å². The van der Waals surface area contributed by atoms with E-state index in [9.17, 15) is 67.4 Å². The van der Waals surface area contributed by atoms with Crippen LogP contribution in [0.3, 0.4) is 0 Å². The first-order valence-corrected chi connectivity index (χ1v) is 27.4. The van der Waals surface area contributed by atoms with E-state index in [2.05, 4.69) is 54.6 Å². The molecule has 0 aliphatic carbocycles. The van der Waals surface area contributed by atoms with Crippen LogP contribution < -0.4 is 0 Å². The fraction of sp³-hybridized carbons (Fsp3) is 0.485. The fourth-order valence-electron chi connectivity index (χ4n) is 9.62. The van der Waals surface area contributed by atoms with E-state index in [-0.39, 0.29) is 23.1 Å². The molecular weight excluding hydrogens is 1130 g/mol. The van der Waals surface area contributed by atoms with Crippen molar-refractivity contribution in [2.75, 3.05) is 28.1 Å². The summed E-state index contributed by atoms with van der Waals surface area (Å²) in [5.41, 5.74) is -2.58. The second kappa shape index (κ2) is 31.0. The molecule has 7 nitrogen and oxygen atoms in total. The maximum absolute atomic E-state index is 13.7. The van der Waals surface area contributed by atoms with Gasteiger partial charge in [0.25, 0.3) is 0 Å². The van der Waals surface area contributed by atoms with E-state index in [0.717, 1.165) is 70.4 Å². The summed E-state index contributed by atoms with van der Waals surface area (Å²) in [6.07, 6.45) is -16.0. The predicted octanol–water partition coefficient (Wildman–Crippen LogP) is 16.0. The second-order valence-corrected chi connectivity index (χ2v) is 20.3. The molecular formula is C66H72F12O7. The average molecular weight is 1210 g/mol. The summed E-state index contributed by atoms with van der Waals surface area (Å²) in [4.78, 5) is 22.4. The van der Waals surface area contributed by atoms with Crippen molar-refractivity contribution in [3.8, 4) is 47.4 Å². The van der Waals surface area contributed by atoms with Crippen molar-refractivity contribution in [3.05, 3.63) is 140 Å². The zero-order valence-electron chi connectivity index (χ0n) is 49.6. The number of hydrogen-bond acceptors (Lipinski definition) is 7. The van der Waals surface area contributed by atoms with Gasteiger partial charge in [0.1, 0.15) is 6.79 Å². The number of rotatable bonds is 19. The van der Waals surface area contributed by atoms with Crippen molar-refractivity contribution >= 4 is 11.9 Å². The van der Waals surface area contributed by atoms with Gasteiger partial charge in [-0.15, -0.1) is 0 Å². The van der Waals surface area contributed by atoms with Crippen LogP contribution in [-0.4, -0.2) is 81.1 Å². The number of hydrogen-bond donors (Lipinski definition) is 1. The van der Waals surface area contributed by atoms with Crippen LogP contribution in [0.25, 0.3) is 0 Å². The van der Waals surface area contributed by atoms with Crippen LogP contribution in [0.4, 0.5) is 52.7 Å². The number of unbranched alkanes of at least 4 members (excludes halogenated alkanes) is 4. The zero-order valence-corrected chi connectivity index (χ0v) is 49.6. The van der Waals surface area contributed by atoms with Gasteiger partial charge in [-0.05, 0) is 160 Å². The Morgan fingerprint density at radius 3 is 1.01 bits per heavy atom. The van der Waals surface area contributed by atoms with E-state index in [1.54, 1.807) is 38.1 Å². The van der Waals surface area contributed by atoms with Gasteiger partial charge in [0.05, 0.1) is 14.2 Å². The van der Waals surface area contributed by atoms with E-state index in [0.29, 0.717) is 75.3 Å². The number of carbonyl (C=O) groups is 2. The number of methoxy groups -OCH3 is 3. The fourth-order valence-corrected chi connectivity index (χ4v) is 9.62. The highest BCUT2D eigenvalue weighted by atomic mass is 19.4. The van der Waals surface area contributed by atoms with Gasteiger partial charge in [-0.25, -0.2) is 0 Å². The largest absolute Gasteiger partial charge is 0.469 e. The summed E-state index contributed by atoms with van der Waals surface area (Å²) in [7, 11) is 3.64. The van der Waals surface area contributed by atoms with Crippen LogP contribution in [0.15, 0.2) is 72.8 Å². The molecule has 0 saturated carbocycles. The minimum atomic E-state index is -6.01. The molecule has 0 aromatic heterocycles. The van der Waals surface area contributed by atoms with Crippen LogP contribution in [-0.2, 0) is 39.4 Å². The third-order valence-electron chi connectivity index (χ3n) is 15.1. The Hall–Kier alpha value is -6.90. The minimum Gasteiger partial charge on any atom is -0.469 e. The van der Waals surface area contributed by atoms with Gasteiger partial charge in [0, 0.05) is 65.9 Å². The van der Waals surface area contributed by atoms with Gasteiger partial charge in [-0.2, -0.15) is 52.7 Å². The van der Waals surface area contributed by atoms with Gasteiger partial charge in [-0.3, -0.25) is 9.59 Å². The molecule has 0 spiro atoms. The standard InChI is InChI=1S/C34H38F6O4.C32H34F6O3/c1-7-31(8-2,28-17-15-26(24(3)21-28)13-11-9-10-12-14-30(41)43-6)29-18-16-27(25(4)22-29)19-20-32(33(35,36)37,34(38,39)40)44-23-42-5;1-6-29(7-2,26-16-14-24(22(3)20-26)12-10-8-9-11-13-28(39)41-5)27-17-15-25(23(4)21-27)18-19-30(40,31(33,34)35)32(36,37)38/h15-18,21-22H,7-10,12,14,23H2,1-6H3;14-17,20-21,40H,6-9,11,13H2,1-5H3. The molecule has 0 aliphatic heterocycles. The molecule has 4 aromatic rings. The number of alkyl halides is 12. The van der Waals surface area contributed by atoms with Gasteiger partial charge in [0.2, 0.25) is 0 Å². The Labute approximate surface area is 490 Å². The highest BCUT2D eigenvalue weighted by Gasteiger charge is 2.73. The SMILES string of the molecule is CCC(CC)(c1ccc(C#CCCCCC(=O)OC)c(C)c1)c1ccc(C#CC(O)(C(F)(F)F)C(F)(F)F)c(C)c1.CCC(CC)(c1ccc(C#CCCCCC(=O)OC)c(C)c1)c1ccc(C#CC(OCOC)(C(F)(F)F)C(F)(F)F)c(C)c1. The first kappa shape index (κ1) is 72.4. The summed E-state index contributed by atoms with van der Waals surface area (Å²) in [5, 5.41) is 9.36. The molecule has 0 saturated heterocycles. The zero-order chi connectivity index (χ0) is 64.2. The third-order valence-corrected chi connectivity index (χ3v) is 15.1. The molecule has 85 heavy (non-hydrogen) atoms.